The third kappa shape index (κ3) is 4.19. The molecule has 0 unspecified atom stereocenters. The summed E-state index contributed by atoms with van der Waals surface area (Å²) in [7, 11) is 1.65. The number of ether oxygens (including phenoxy) is 3. The van der Waals surface area contributed by atoms with Crippen LogP contribution in [0, 0.1) is 0 Å². The fourth-order valence-corrected chi connectivity index (χ4v) is 1.95. The molecule has 1 amide bonds. The maximum Gasteiger partial charge on any atom is 0.289 e. The Morgan fingerprint density at radius 3 is 3.05 bits per heavy atom. The molecule has 0 spiro atoms. The van der Waals surface area contributed by atoms with Gasteiger partial charge in [-0.3, -0.25) is 4.79 Å². The summed E-state index contributed by atoms with van der Waals surface area (Å²) >= 11 is 0. The molecule has 21 heavy (non-hydrogen) atoms. The summed E-state index contributed by atoms with van der Waals surface area (Å²) in [6.07, 6.45) is 2.24. The molecule has 1 aromatic heterocycles. The lowest BCUT2D eigenvalue weighted by Crippen LogP contribution is -2.31. The van der Waals surface area contributed by atoms with Crippen molar-refractivity contribution in [3.05, 3.63) is 23.7 Å². The normalized spacial score (nSPS) is 14.6. The molecule has 8 heteroatoms. The van der Waals surface area contributed by atoms with Gasteiger partial charge >= 0.3 is 0 Å². The van der Waals surface area contributed by atoms with Crippen molar-refractivity contribution in [1.29, 1.82) is 0 Å². The predicted octanol–water partition coefficient (Wildman–Crippen LogP) is -0.139. The van der Waals surface area contributed by atoms with E-state index in [0.717, 1.165) is 5.82 Å². The molecule has 0 aromatic carbocycles. The minimum Gasteiger partial charge on any atom is -0.491 e. The van der Waals surface area contributed by atoms with Crippen molar-refractivity contribution in [2.24, 2.45) is 0 Å². The van der Waals surface area contributed by atoms with Crippen LogP contribution >= 0.6 is 0 Å². The van der Waals surface area contributed by atoms with Gasteiger partial charge in [0.25, 0.3) is 5.91 Å². The summed E-state index contributed by atoms with van der Waals surface area (Å²) in [5.41, 5.74) is 0. The Kier molecular flexibility index (Phi) is 5.56. The second-order valence-electron chi connectivity index (χ2n) is 4.52. The van der Waals surface area contributed by atoms with E-state index < -0.39 is 0 Å². The van der Waals surface area contributed by atoms with Gasteiger partial charge in [-0.25, -0.2) is 0 Å². The van der Waals surface area contributed by atoms with Crippen LogP contribution in [0.4, 0.5) is 0 Å². The molecule has 8 nitrogen and oxygen atoms in total. The molecule has 1 aliphatic heterocycles. The van der Waals surface area contributed by atoms with E-state index in [0.29, 0.717) is 45.1 Å². The van der Waals surface area contributed by atoms with Gasteiger partial charge in [-0.2, -0.15) is 0 Å². The van der Waals surface area contributed by atoms with Gasteiger partial charge in [-0.05, 0) is 6.92 Å². The number of amides is 1. The number of nitrogens with one attached hydrogen (secondary N) is 1. The monoisotopic (exact) mass is 296 g/mol. The number of hydrogen-bond donors (Lipinski definition) is 1. The van der Waals surface area contributed by atoms with Crippen molar-refractivity contribution >= 4 is 5.91 Å². The van der Waals surface area contributed by atoms with Crippen molar-refractivity contribution in [3.8, 4) is 0 Å². The molecule has 0 saturated heterocycles. The lowest BCUT2D eigenvalue weighted by atomic mass is 10.3. The van der Waals surface area contributed by atoms with Crippen LogP contribution < -0.4 is 5.32 Å². The Labute approximate surface area is 123 Å². The smallest absolute Gasteiger partial charge is 0.289 e. The Bertz CT molecular complexity index is 512. The van der Waals surface area contributed by atoms with Gasteiger partial charge in [0.1, 0.15) is 31.1 Å². The first-order chi connectivity index (χ1) is 10.2. The fourth-order valence-electron chi connectivity index (χ4n) is 1.95. The Hall–Kier alpha value is -2.09. The fraction of sp³-hybridized carbons (Fsp3) is 0.615. The molecular weight excluding hydrogens is 276 g/mol. The zero-order chi connectivity index (χ0) is 15.1. The van der Waals surface area contributed by atoms with Crippen LogP contribution in [0.3, 0.4) is 0 Å². The number of allylic oxidation sites excluding steroid dienone is 1. The summed E-state index contributed by atoms with van der Waals surface area (Å²) in [6, 6.07) is 0. The van der Waals surface area contributed by atoms with Gasteiger partial charge in [-0.15, -0.1) is 10.2 Å². The number of aromatic nitrogens is 3. The Morgan fingerprint density at radius 1 is 1.48 bits per heavy atom. The number of carbonyl (C=O) groups excluding carboxylic acids is 1. The first-order valence-corrected chi connectivity index (χ1v) is 6.82. The number of carbonyl (C=O) groups is 1. The SMILES string of the molecule is COCCn1cnnc1CCNC(=O)C1=C(C)OCCO1. The van der Waals surface area contributed by atoms with E-state index in [4.69, 9.17) is 14.2 Å². The standard InChI is InChI=1S/C13H20N4O4/c1-10-12(21-8-7-20-10)13(18)14-4-3-11-16-15-9-17(11)5-6-19-2/h9H,3-8H2,1-2H3,(H,14,18). The van der Waals surface area contributed by atoms with Crippen LogP contribution in [0.15, 0.2) is 17.8 Å². The molecule has 1 aliphatic rings. The number of nitrogens with zero attached hydrogens (tertiary/aromatic N) is 3. The summed E-state index contributed by atoms with van der Waals surface area (Å²) in [4.78, 5) is 12.0. The minimum atomic E-state index is -0.268. The van der Waals surface area contributed by atoms with Crippen molar-refractivity contribution < 1.29 is 19.0 Å². The highest BCUT2D eigenvalue weighted by atomic mass is 16.6. The average molecular weight is 296 g/mol. The first kappa shape index (κ1) is 15.3. The summed E-state index contributed by atoms with van der Waals surface area (Å²) in [6.45, 7) is 4.32. The maximum atomic E-state index is 12.0. The van der Waals surface area contributed by atoms with Gasteiger partial charge in [0.2, 0.25) is 5.76 Å². The molecule has 0 bridgehead atoms. The lowest BCUT2D eigenvalue weighted by Gasteiger charge is -2.19. The zero-order valence-electron chi connectivity index (χ0n) is 12.3. The molecule has 0 atom stereocenters. The maximum absolute atomic E-state index is 12.0. The average Bonchev–Trinajstić information content (AvgIpc) is 2.93. The summed E-state index contributed by atoms with van der Waals surface area (Å²) in [5, 5.41) is 10.7. The van der Waals surface area contributed by atoms with Crippen LogP contribution in [-0.4, -0.2) is 54.1 Å². The number of methoxy groups -OCH3 is 1. The number of rotatable bonds is 7. The van der Waals surface area contributed by atoms with Crippen LogP contribution in [-0.2, 0) is 32.0 Å². The van der Waals surface area contributed by atoms with Crippen LogP contribution in [0.1, 0.15) is 12.7 Å². The molecule has 1 aromatic rings. The second kappa shape index (κ2) is 7.63. The second-order valence-corrected chi connectivity index (χ2v) is 4.52. The van der Waals surface area contributed by atoms with E-state index in [-0.39, 0.29) is 11.7 Å². The highest BCUT2D eigenvalue weighted by molar-refractivity contribution is 5.91. The van der Waals surface area contributed by atoms with Crippen molar-refractivity contribution in [1.82, 2.24) is 20.1 Å². The Morgan fingerprint density at radius 2 is 2.29 bits per heavy atom. The third-order valence-electron chi connectivity index (χ3n) is 3.04. The predicted molar refractivity (Wildman–Crippen MR) is 73.2 cm³/mol. The van der Waals surface area contributed by atoms with Gasteiger partial charge in [0, 0.05) is 26.6 Å². The van der Waals surface area contributed by atoms with Crippen LogP contribution in [0.25, 0.3) is 0 Å². The Balaban J connectivity index is 1.81. The van der Waals surface area contributed by atoms with Crippen molar-refractivity contribution in [2.75, 3.05) is 33.5 Å². The quantitative estimate of drug-likeness (QED) is 0.753. The molecular formula is C13H20N4O4. The highest BCUT2D eigenvalue weighted by Crippen LogP contribution is 2.12. The zero-order valence-corrected chi connectivity index (χ0v) is 12.3. The molecule has 2 rings (SSSR count). The van der Waals surface area contributed by atoms with Gasteiger partial charge in [0.15, 0.2) is 0 Å². The van der Waals surface area contributed by atoms with Crippen LogP contribution in [0.5, 0.6) is 0 Å². The van der Waals surface area contributed by atoms with Gasteiger partial charge in [0.05, 0.1) is 6.61 Å². The molecule has 0 radical (unpaired) electrons. The summed E-state index contributed by atoms with van der Waals surface area (Å²) in [5.74, 6) is 1.30. The molecule has 2 heterocycles. The largest absolute Gasteiger partial charge is 0.491 e. The molecule has 116 valence electrons. The molecule has 0 aliphatic carbocycles. The lowest BCUT2D eigenvalue weighted by molar-refractivity contribution is -0.122. The van der Waals surface area contributed by atoms with E-state index in [2.05, 4.69) is 15.5 Å². The van der Waals surface area contributed by atoms with Gasteiger partial charge in [-0.1, -0.05) is 0 Å². The van der Waals surface area contributed by atoms with Crippen LogP contribution in [0.2, 0.25) is 0 Å². The topological polar surface area (TPSA) is 87.5 Å². The van der Waals surface area contributed by atoms with E-state index in [1.165, 1.54) is 0 Å². The van der Waals surface area contributed by atoms with E-state index in [1.54, 1.807) is 20.4 Å². The van der Waals surface area contributed by atoms with E-state index in [1.807, 2.05) is 4.57 Å². The van der Waals surface area contributed by atoms with E-state index >= 15 is 0 Å². The minimum absolute atomic E-state index is 0.252. The van der Waals surface area contributed by atoms with Gasteiger partial charge < -0.3 is 24.1 Å². The van der Waals surface area contributed by atoms with Crippen molar-refractivity contribution in [2.45, 2.75) is 19.9 Å². The molecule has 1 N–H and O–H groups in total. The molecule has 0 fully saturated rings. The van der Waals surface area contributed by atoms with Crippen molar-refractivity contribution in [3.63, 3.8) is 0 Å². The number of hydrogen-bond acceptors (Lipinski definition) is 6. The first-order valence-electron chi connectivity index (χ1n) is 6.82. The third-order valence-corrected chi connectivity index (χ3v) is 3.04. The molecule has 0 saturated carbocycles. The highest BCUT2D eigenvalue weighted by Gasteiger charge is 2.19. The summed E-state index contributed by atoms with van der Waals surface area (Å²) < 4.78 is 17.5. The van der Waals surface area contributed by atoms with E-state index in [9.17, 15) is 4.79 Å².